The Labute approximate surface area is 67.9 Å². The van der Waals surface area contributed by atoms with Crippen LogP contribution in [-0.2, 0) is 9.59 Å². The summed E-state index contributed by atoms with van der Waals surface area (Å²) < 4.78 is 0. The van der Waals surface area contributed by atoms with Crippen LogP contribution in [0, 0.1) is 0 Å². The predicted molar refractivity (Wildman–Crippen MR) is 39.9 cm³/mol. The van der Waals surface area contributed by atoms with Crippen molar-refractivity contribution in [3.05, 3.63) is 0 Å². The van der Waals surface area contributed by atoms with Crippen molar-refractivity contribution < 1.29 is 30.8 Å². The van der Waals surface area contributed by atoms with Gasteiger partial charge < -0.3 is 21.2 Å². The SMILES string of the molecule is O.O.O=C(O)CC(S)C(=O)O. The highest BCUT2D eigenvalue weighted by Crippen LogP contribution is 1.99. The Balaban J connectivity index is -0.000000320. The zero-order valence-electron chi connectivity index (χ0n) is 5.44. The highest BCUT2D eigenvalue weighted by Gasteiger charge is 2.14. The number of carboxylic acids is 2. The van der Waals surface area contributed by atoms with Gasteiger partial charge in [0.25, 0.3) is 0 Å². The van der Waals surface area contributed by atoms with Crippen LogP contribution in [0.15, 0.2) is 0 Å². The third kappa shape index (κ3) is 9.21. The van der Waals surface area contributed by atoms with E-state index in [9.17, 15) is 9.59 Å². The molecule has 1 atom stereocenters. The fraction of sp³-hybridized carbons (Fsp3) is 0.500. The van der Waals surface area contributed by atoms with Crippen molar-refractivity contribution in [3.63, 3.8) is 0 Å². The second-order valence-electron chi connectivity index (χ2n) is 1.45. The Morgan fingerprint density at radius 1 is 1.27 bits per heavy atom. The van der Waals surface area contributed by atoms with Crippen LogP contribution in [-0.4, -0.2) is 38.4 Å². The molecule has 1 unspecified atom stereocenters. The van der Waals surface area contributed by atoms with Gasteiger partial charge in [-0.15, -0.1) is 0 Å². The third-order valence-corrected chi connectivity index (χ3v) is 1.06. The van der Waals surface area contributed by atoms with E-state index in [-0.39, 0.29) is 11.0 Å². The molecule has 0 saturated carbocycles. The van der Waals surface area contributed by atoms with Crippen LogP contribution in [0.5, 0.6) is 0 Å². The van der Waals surface area contributed by atoms with Crippen molar-refractivity contribution in [3.8, 4) is 0 Å². The molecule has 0 heterocycles. The van der Waals surface area contributed by atoms with E-state index < -0.39 is 23.6 Å². The number of hydrogen-bond acceptors (Lipinski definition) is 3. The molecule has 7 heteroatoms. The minimum Gasteiger partial charge on any atom is -0.481 e. The van der Waals surface area contributed by atoms with E-state index in [1.165, 1.54) is 0 Å². The van der Waals surface area contributed by atoms with Crippen molar-refractivity contribution in [1.29, 1.82) is 0 Å². The molecule has 11 heavy (non-hydrogen) atoms. The second kappa shape index (κ2) is 7.32. The number of carbonyl (C=O) groups is 2. The lowest BCUT2D eigenvalue weighted by molar-refractivity contribution is -0.142. The summed E-state index contributed by atoms with van der Waals surface area (Å²) >= 11 is 3.48. The smallest absolute Gasteiger partial charge is 0.316 e. The maximum absolute atomic E-state index is 9.90. The van der Waals surface area contributed by atoms with Crippen molar-refractivity contribution in [2.75, 3.05) is 0 Å². The summed E-state index contributed by atoms with van der Waals surface area (Å²) in [6, 6.07) is 0. The Morgan fingerprint density at radius 3 is 1.73 bits per heavy atom. The van der Waals surface area contributed by atoms with Crippen LogP contribution in [0.25, 0.3) is 0 Å². The topological polar surface area (TPSA) is 138 Å². The Hall–Kier alpha value is -0.790. The minimum atomic E-state index is -1.21. The average Bonchev–Trinajstić information content (AvgIpc) is 1.63. The molecule has 0 fully saturated rings. The first-order valence-corrected chi connectivity index (χ1v) is 2.68. The maximum atomic E-state index is 9.90. The van der Waals surface area contributed by atoms with Gasteiger partial charge >= 0.3 is 11.9 Å². The summed E-state index contributed by atoms with van der Waals surface area (Å²) in [7, 11) is 0. The van der Waals surface area contributed by atoms with Crippen molar-refractivity contribution >= 4 is 24.6 Å². The molecule has 0 saturated heterocycles. The fourth-order valence-electron chi connectivity index (χ4n) is 0.253. The molecule has 0 bridgehead atoms. The van der Waals surface area contributed by atoms with Gasteiger partial charge in [0.2, 0.25) is 0 Å². The van der Waals surface area contributed by atoms with Crippen LogP contribution in [0.2, 0.25) is 0 Å². The lowest BCUT2D eigenvalue weighted by Gasteiger charge is -1.97. The fourth-order valence-corrected chi connectivity index (χ4v) is 0.409. The summed E-state index contributed by atoms with van der Waals surface area (Å²) in [4.78, 5) is 19.7. The number of aliphatic carboxylic acids is 2. The number of carboxylic acid groups (broad SMARTS) is 2. The summed E-state index contributed by atoms with van der Waals surface area (Å²) in [6.45, 7) is 0. The first-order valence-electron chi connectivity index (χ1n) is 2.16. The van der Waals surface area contributed by atoms with E-state index in [0.29, 0.717) is 0 Å². The van der Waals surface area contributed by atoms with E-state index in [1.54, 1.807) is 0 Å². The standard InChI is InChI=1S/C4H6O4S.2H2O/c5-3(6)1-2(9)4(7)8;;/h2,9H,1H2,(H,5,6)(H,7,8);2*1H2. The third-order valence-electron chi connectivity index (χ3n) is 0.653. The molecule has 0 amide bonds. The molecule has 0 aliphatic carbocycles. The zero-order valence-corrected chi connectivity index (χ0v) is 6.34. The van der Waals surface area contributed by atoms with Crippen LogP contribution in [0.1, 0.15) is 6.42 Å². The molecule has 0 aliphatic rings. The van der Waals surface area contributed by atoms with Crippen LogP contribution in [0.4, 0.5) is 0 Å². The number of thiol groups is 1. The molecule has 0 rings (SSSR count). The van der Waals surface area contributed by atoms with Gasteiger partial charge in [-0.3, -0.25) is 9.59 Å². The highest BCUT2D eigenvalue weighted by atomic mass is 32.1. The van der Waals surface area contributed by atoms with Crippen molar-refractivity contribution in [2.45, 2.75) is 11.7 Å². The lowest BCUT2D eigenvalue weighted by Crippen LogP contribution is -2.17. The minimum absolute atomic E-state index is 0. The van der Waals surface area contributed by atoms with Crippen LogP contribution < -0.4 is 0 Å². The molecule has 6 nitrogen and oxygen atoms in total. The maximum Gasteiger partial charge on any atom is 0.316 e. The number of hydrogen-bond donors (Lipinski definition) is 3. The van der Waals surface area contributed by atoms with Gasteiger partial charge in [0, 0.05) is 0 Å². The Kier molecular flexibility index (Phi) is 11.1. The van der Waals surface area contributed by atoms with Crippen LogP contribution in [0.3, 0.4) is 0 Å². The van der Waals surface area contributed by atoms with Gasteiger partial charge in [-0.25, -0.2) is 0 Å². The van der Waals surface area contributed by atoms with Crippen molar-refractivity contribution in [2.24, 2.45) is 0 Å². The largest absolute Gasteiger partial charge is 0.481 e. The molecule has 6 N–H and O–H groups in total. The molecule has 0 spiro atoms. The van der Waals surface area contributed by atoms with E-state index in [2.05, 4.69) is 12.6 Å². The van der Waals surface area contributed by atoms with Gasteiger partial charge in [0.1, 0.15) is 5.25 Å². The Morgan fingerprint density at radius 2 is 1.64 bits per heavy atom. The summed E-state index contributed by atoms with van der Waals surface area (Å²) in [5.41, 5.74) is 0. The molecule has 0 radical (unpaired) electrons. The highest BCUT2D eigenvalue weighted by molar-refractivity contribution is 7.81. The molecule has 68 valence electrons. The lowest BCUT2D eigenvalue weighted by atomic mass is 10.3. The van der Waals surface area contributed by atoms with Gasteiger partial charge in [0.05, 0.1) is 6.42 Å². The van der Waals surface area contributed by atoms with E-state index in [0.717, 1.165) is 0 Å². The molecule has 0 aromatic rings. The first-order chi connectivity index (χ1) is 4.04. The molecule has 0 aromatic carbocycles. The molecule has 0 aromatic heterocycles. The van der Waals surface area contributed by atoms with Gasteiger partial charge in [-0.05, 0) is 0 Å². The molecular weight excluding hydrogens is 176 g/mol. The predicted octanol–water partition coefficient (Wildman–Crippen LogP) is -1.81. The van der Waals surface area contributed by atoms with E-state index >= 15 is 0 Å². The summed E-state index contributed by atoms with van der Waals surface area (Å²) in [6.07, 6.45) is -0.446. The summed E-state index contributed by atoms with van der Waals surface area (Å²) in [5.74, 6) is -2.36. The normalized spacial score (nSPS) is 10.3. The van der Waals surface area contributed by atoms with Crippen molar-refractivity contribution in [1.82, 2.24) is 0 Å². The Bertz CT molecular complexity index is 135. The quantitative estimate of drug-likeness (QED) is 0.447. The first kappa shape index (κ1) is 16.7. The van der Waals surface area contributed by atoms with Gasteiger partial charge in [-0.2, -0.15) is 12.6 Å². The van der Waals surface area contributed by atoms with Gasteiger partial charge in [0.15, 0.2) is 0 Å². The summed E-state index contributed by atoms with van der Waals surface area (Å²) in [5, 5.41) is 15.0. The van der Waals surface area contributed by atoms with Gasteiger partial charge in [-0.1, -0.05) is 0 Å². The second-order valence-corrected chi connectivity index (χ2v) is 2.08. The monoisotopic (exact) mass is 186 g/mol. The van der Waals surface area contributed by atoms with E-state index in [1.807, 2.05) is 0 Å². The van der Waals surface area contributed by atoms with E-state index in [4.69, 9.17) is 10.2 Å². The number of rotatable bonds is 3. The molecular formula is C4H10O6S. The van der Waals surface area contributed by atoms with Crippen LogP contribution >= 0.6 is 12.6 Å². The zero-order chi connectivity index (χ0) is 7.44. The average molecular weight is 186 g/mol. The molecule has 0 aliphatic heterocycles.